The Hall–Kier alpha value is -2.83. The van der Waals surface area contributed by atoms with Gasteiger partial charge in [-0.15, -0.1) is 0 Å². The molecule has 164 valence electrons. The maximum absolute atomic E-state index is 13.6. The summed E-state index contributed by atoms with van der Waals surface area (Å²) in [6.07, 6.45) is 12.3. The zero-order valence-electron chi connectivity index (χ0n) is 18.1. The standard InChI is InChI=1S/C24H29FN4O2/c1-16-4-8-20(23-26-10-3-11-27-23)21(12-16)24(30)29-14-18(6-5-17(29)2)15-31-22-9-7-19(25)13-28-22/h3-4,8-11,13,16-19H,5-7,12,14-15H2,1-2H3/t16?,17-,18-,19?/m1/s1. The van der Waals surface area contributed by atoms with E-state index in [2.05, 4.69) is 34.9 Å². The number of allylic oxidation sites excluding steroid dienone is 4. The minimum atomic E-state index is -1.03. The third-order valence-electron chi connectivity index (χ3n) is 6.10. The van der Waals surface area contributed by atoms with Gasteiger partial charge in [0, 0.05) is 54.7 Å². The maximum Gasteiger partial charge on any atom is 0.250 e. The van der Waals surface area contributed by atoms with Crippen molar-refractivity contribution in [2.75, 3.05) is 13.2 Å². The number of halogens is 1. The van der Waals surface area contributed by atoms with Crippen LogP contribution >= 0.6 is 0 Å². The fourth-order valence-corrected chi connectivity index (χ4v) is 4.27. The minimum absolute atomic E-state index is 0.0611. The van der Waals surface area contributed by atoms with Crippen LogP contribution < -0.4 is 0 Å². The first-order chi connectivity index (χ1) is 15.0. The molecule has 0 radical (unpaired) electrons. The van der Waals surface area contributed by atoms with Crippen molar-refractivity contribution in [2.24, 2.45) is 16.8 Å². The fraction of sp³-hybridized carbons (Fsp3) is 0.500. The van der Waals surface area contributed by atoms with Crippen molar-refractivity contribution in [3.05, 3.63) is 54.0 Å². The van der Waals surface area contributed by atoms with Gasteiger partial charge < -0.3 is 9.64 Å². The monoisotopic (exact) mass is 424 g/mol. The molecule has 7 heteroatoms. The minimum Gasteiger partial charge on any atom is -0.478 e. The summed E-state index contributed by atoms with van der Waals surface area (Å²) in [6.45, 7) is 5.32. The fourth-order valence-electron chi connectivity index (χ4n) is 4.27. The van der Waals surface area contributed by atoms with Gasteiger partial charge in [-0.25, -0.2) is 19.4 Å². The van der Waals surface area contributed by atoms with Crippen LogP contribution in [0.4, 0.5) is 4.39 Å². The maximum atomic E-state index is 13.6. The molecule has 31 heavy (non-hydrogen) atoms. The third kappa shape index (κ3) is 5.09. The molecule has 2 unspecified atom stereocenters. The number of carbonyl (C=O) groups is 1. The second kappa shape index (κ2) is 9.54. The number of hydrogen-bond donors (Lipinski definition) is 0. The number of carbonyl (C=O) groups excluding carboxylic acids is 1. The van der Waals surface area contributed by atoms with E-state index in [4.69, 9.17) is 4.74 Å². The molecule has 1 aromatic heterocycles. The molecule has 0 spiro atoms. The average molecular weight is 425 g/mol. The lowest BCUT2D eigenvalue weighted by Crippen LogP contribution is -2.47. The van der Waals surface area contributed by atoms with Crippen molar-refractivity contribution in [1.29, 1.82) is 0 Å². The van der Waals surface area contributed by atoms with Gasteiger partial charge in [-0.05, 0) is 44.2 Å². The highest BCUT2D eigenvalue weighted by Gasteiger charge is 2.33. The van der Waals surface area contributed by atoms with Crippen LogP contribution in [0.2, 0.25) is 0 Å². The van der Waals surface area contributed by atoms with E-state index in [-0.39, 0.29) is 17.9 Å². The first-order valence-electron chi connectivity index (χ1n) is 11.0. The summed E-state index contributed by atoms with van der Waals surface area (Å²) < 4.78 is 19.0. The van der Waals surface area contributed by atoms with Gasteiger partial charge in [0.05, 0.1) is 6.61 Å². The van der Waals surface area contributed by atoms with Crippen molar-refractivity contribution < 1.29 is 13.9 Å². The van der Waals surface area contributed by atoms with Gasteiger partial charge in [0.15, 0.2) is 5.82 Å². The van der Waals surface area contributed by atoms with Crippen LogP contribution in [0.25, 0.3) is 5.57 Å². The van der Waals surface area contributed by atoms with E-state index in [1.165, 1.54) is 6.21 Å². The summed E-state index contributed by atoms with van der Waals surface area (Å²) >= 11 is 0. The van der Waals surface area contributed by atoms with E-state index in [1.807, 2.05) is 11.0 Å². The molecule has 1 aliphatic carbocycles. The Morgan fingerprint density at radius 2 is 2.06 bits per heavy atom. The van der Waals surface area contributed by atoms with Crippen LogP contribution in [0.15, 0.2) is 53.1 Å². The van der Waals surface area contributed by atoms with Crippen molar-refractivity contribution in [1.82, 2.24) is 14.9 Å². The molecule has 1 fully saturated rings. The van der Waals surface area contributed by atoms with Crippen molar-refractivity contribution >= 4 is 17.7 Å². The van der Waals surface area contributed by atoms with E-state index in [0.717, 1.165) is 24.0 Å². The lowest BCUT2D eigenvalue weighted by atomic mass is 9.87. The first kappa shape index (κ1) is 21.4. The molecule has 0 N–H and O–H groups in total. The number of nitrogens with zero attached hydrogens (tertiary/aromatic N) is 4. The van der Waals surface area contributed by atoms with Crippen LogP contribution in [0.3, 0.4) is 0 Å². The van der Waals surface area contributed by atoms with E-state index < -0.39 is 6.17 Å². The SMILES string of the molecule is CC1C=CC(c2ncccn2)=C(C(=O)N2C[C@H](COC3=CCC(F)C=N3)CC[C@H]2C)C1. The normalized spacial score (nSPS) is 28.5. The Kier molecular flexibility index (Phi) is 6.59. The summed E-state index contributed by atoms with van der Waals surface area (Å²) in [4.78, 5) is 28.4. The van der Waals surface area contributed by atoms with Crippen molar-refractivity contribution in [3.8, 4) is 0 Å². The highest BCUT2D eigenvalue weighted by molar-refractivity contribution is 6.03. The molecule has 0 saturated carbocycles. The van der Waals surface area contributed by atoms with E-state index in [9.17, 15) is 9.18 Å². The molecule has 3 aliphatic rings. The zero-order valence-corrected chi connectivity index (χ0v) is 18.1. The molecule has 1 saturated heterocycles. The van der Waals surface area contributed by atoms with Crippen molar-refractivity contribution in [3.63, 3.8) is 0 Å². The number of rotatable bonds is 5. The summed E-state index contributed by atoms with van der Waals surface area (Å²) in [5, 5.41) is 0. The Morgan fingerprint density at radius 3 is 2.81 bits per heavy atom. The topological polar surface area (TPSA) is 67.7 Å². The highest BCUT2D eigenvalue weighted by atomic mass is 19.1. The van der Waals surface area contributed by atoms with Gasteiger partial charge in [0.1, 0.15) is 6.17 Å². The first-order valence-corrected chi connectivity index (χ1v) is 11.0. The second-order valence-corrected chi connectivity index (χ2v) is 8.64. The highest BCUT2D eigenvalue weighted by Crippen LogP contribution is 2.32. The second-order valence-electron chi connectivity index (χ2n) is 8.64. The lowest BCUT2D eigenvalue weighted by Gasteiger charge is -2.39. The number of ether oxygens (including phenoxy) is 1. The molecule has 2 aliphatic heterocycles. The number of piperidine rings is 1. The zero-order chi connectivity index (χ0) is 21.8. The van der Waals surface area contributed by atoms with Crippen LogP contribution in [-0.2, 0) is 9.53 Å². The van der Waals surface area contributed by atoms with Gasteiger partial charge >= 0.3 is 0 Å². The van der Waals surface area contributed by atoms with Crippen LogP contribution in [0.5, 0.6) is 0 Å². The Morgan fingerprint density at radius 1 is 1.26 bits per heavy atom. The molecule has 0 bridgehead atoms. The summed E-state index contributed by atoms with van der Waals surface area (Å²) in [5.74, 6) is 1.63. The van der Waals surface area contributed by atoms with Crippen LogP contribution in [-0.4, -0.2) is 52.4 Å². The van der Waals surface area contributed by atoms with Gasteiger partial charge in [0.25, 0.3) is 5.91 Å². The molecule has 3 heterocycles. The largest absolute Gasteiger partial charge is 0.478 e. The van der Waals surface area contributed by atoms with Gasteiger partial charge in [0.2, 0.25) is 5.88 Å². The summed E-state index contributed by atoms with van der Waals surface area (Å²) in [6, 6.07) is 1.94. The number of hydrogen-bond acceptors (Lipinski definition) is 5. The molecule has 0 aromatic carbocycles. The van der Waals surface area contributed by atoms with Gasteiger partial charge in [-0.3, -0.25) is 4.79 Å². The third-order valence-corrected chi connectivity index (χ3v) is 6.10. The van der Waals surface area contributed by atoms with E-state index >= 15 is 0 Å². The smallest absolute Gasteiger partial charge is 0.250 e. The average Bonchev–Trinajstić information content (AvgIpc) is 2.79. The molecular formula is C24H29FN4O2. The molecular weight excluding hydrogens is 395 g/mol. The number of aliphatic imine (C=N–C) groups is 1. The Bertz CT molecular complexity index is 925. The molecule has 4 atom stereocenters. The number of alkyl halides is 1. The summed E-state index contributed by atoms with van der Waals surface area (Å²) in [7, 11) is 0. The van der Waals surface area contributed by atoms with Crippen LogP contribution in [0, 0.1) is 11.8 Å². The van der Waals surface area contributed by atoms with Crippen molar-refractivity contribution in [2.45, 2.75) is 51.7 Å². The Balaban J connectivity index is 1.48. The summed E-state index contributed by atoms with van der Waals surface area (Å²) in [5.41, 5.74) is 1.60. The molecule has 1 amide bonds. The number of aromatic nitrogens is 2. The van der Waals surface area contributed by atoms with Gasteiger partial charge in [-0.2, -0.15) is 0 Å². The van der Waals surface area contributed by atoms with E-state index in [0.29, 0.717) is 43.6 Å². The van der Waals surface area contributed by atoms with Crippen LogP contribution in [0.1, 0.15) is 45.4 Å². The van der Waals surface area contributed by atoms with Gasteiger partial charge in [-0.1, -0.05) is 19.1 Å². The molecule has 4 rings (SSSR count). The molecule has 1 aromatic rings. The number of amides is 1. The quantitative estimate of drug-likeness (QED) is 0.713. The molecule has 6 nitrogen and oxygen atoms in total. The number of likely N-dealkylation sites (tertiary alicyclic amines) is 1. The lowest BCUT2D eigenvalue weighted by molar-refractivity contribution is -0.132. The predicted octanol–water partition coefficient (Wildman–Crippen LogP) is 4.12. The van der Waals surface area contributed by atoms with E-state index in [1.54, 1.807) is 24.5 Å². The predicted molar refractivity (Wildman–Crippen MR) is 118 cm³/mol. The Labute approximate surface area is 182 Å².